The van der Waals surface area contributed by atoms with Crippen molar-refractivity contribution in [3.63, 3.8) is 0 Å². The Morgan fingerprint density at radius 1 is 1.56 bits per heavy atom. The molecule has 1 aromatic rings. The van der Waals surface area contributed by atoms with E-state index in [-0.39, 0.29) is 0 Å². The first-order chi connectivity index (χ1) is 4.33. The molecule has 0 amide bonds. The summed E-state index contributed by atoms with van der Waals surface area (Å²) in [4.78, 5) is 3.95. The number of hydrogen-bond acceptors (Lipinski definition) is 3. The van der Waals surface area contributed by atoms with Crippen molar-refractivity contribution < 1.29 is 0 Å². The topological polar surface area (TPSA) is 24.9 Å². The van der Waals surface area contributed by atoms with Gasteiger partial charge in [-0.15, -0.1) is 12.6 Å². The van der Waals surface area contributed by atoms with Gasteiger partial charge in [-0.05, 0) is 12.1 Å². The quantitative estimate of drug-likeness (QED) is 0.454. The van der Waals surface area contributed by atoms with Crippen LogP contribution in [0.1, 0.15) is 0 Å². The molecule has 1 N–H and O–H groups in total. The van der Waals surface area contributed by atoms with Gasteiger partial charge in [0.25, 0.3) is 0 Å². The lowest BCUT2D eigenvalue weighted by Crippen LogP contribution is -1.80. The SMILES string of the molecule is Sc1ccc(NI)cn1. The lowest BCUT2D eigenvalue weighted by atomic mass is 10.4. The van der Waals surface area contributed by atoms with E-state index in [0.717, 1.165) is 10.7 Å². The Bertz CT molecular complexity index is 187. The van der Waals surface area contributed by atoms with E-state index in [9.17, 15) is 0 Å². The molecule has 0 aromatic carbocycles. The van der Waals surface area contributed by atoms with Gasteiger partial charge < -0.3 is 3.53 Å². The third-order valence-corrected chi connectivity index (χ3v) is 1.74. The minimum atomic E-state index is 0.741. The van der Waals surface area contributed by atoms with E-state index >= 15 is 0 Å². The minimum Gasteiger partial charge on any atom is -0.327 e. The van der Waals surface area contributed by atoms with Crippen LogP contribution in [0.25, 0.3) is 0 Å². The summed E-state index contributed by atoms with van der Waals surface area (Å²) in [5.41, 5.74) is 0.994. The van der Waals surface area contributed by atoms with Gasteiger partial charge in [-0.3, -0.25) is 0 Å². The lowest BCUT2D eigenvalue weighted by molar-refractivity contribution is 1.15. The van der Waals surface area contributed by atoms with E-state index in [0.29, 0.717) is 0 Å². The second-order valence-electron chi connectivity index (χ2n) is 1.50. The first-order valence-corrected chi connectivity index (χ1v) is 3.87. The number of halogens is 1. The summed E-state index contributed by atoms with van der Waals surface area (Å²) >= 11 is 6.08. The molecule has 48 valence electrons. The fourth-order valence-corrected chi connectivity index (χ4v) is 0.893. The second-order valence-corrected chi connectivity index (χ2v) is 2.50. The monoisotopic (exact) mass is 252 g/mol. The van der Waals surface area contributed by atoms with Crippen LogP contribution in [-0.2, 0) is 0 Å². The summed E-state index contributed by atoms with van der Waals surface area (Å²) in [6, 6.07) is 3.76. The molecule has 1 heterocycles. The maximum Gasteiger partial charge on any atom is 0.0931 e. The molecule has 9 heavy (non-hydrogen) atoms. The highest BCUT2D eigenvalue weighted by Crippen LogP contribution is 2.09. The van der Waals surface area contributed by atoms with Crippen LogP contribution in [0.4, 0.5) is 5.69 Å². The zero-order valence-corrected chi connectivity index (χ0v) is 7.56. The van der Waals surface area contributed by atoms with Crippen LogP contribution in [0.5, 0.6) is 0 Å². The Hall–Kier alpha value is 0.0300. The molecule has 0 saturated heterocycles. The first-order valence-electron chi connectivity index (χ1n) is 2.34. The normalized spacial score (nSPS) is 9.11. The fraction of sp³-hybridized carbons (Fsp3) is 0. The Balaban J connectivity index is 2.88. The molecule has 0 radical (unpaired) electrons. The van der Waals surface area contributed by atoms with Gasteiger partial charge in [0.05, 0.1) is 39.8 Å². The highest BCUT2D eigenvalue weighted by atomic mass is 127. The standard InChI is InChI=1S/C5H5IN2S/c6-8-4-1-2-5(9)7-3-4/h1-3,8H,(H,7,9). The van der Waals surface area contributed by atoms with E-state index in [2.05, 4.69) is 44.0 Å². The number of nitrogens with zero attached hydrogens (tertiary/aromatic N) is 1. The number of pyridine rings is 1. The van der Waals surface area contributed by atoms with Crippen molar-refractivity contribution in [3.05, 3.63) is 18.3 Å². The van der Waals surface area contributed by atoms with E-state index in [1.165, 1.54) is 0 Å². The third kappa shape index (κ3) is 2.02. The number of thiol groups is 1. The summed E-state index contributed by atoms with van der Waals surface area (Å²) < 4.78 is 2.93. The molecule has 0 spiro atoms. The molecule has 0 aliphatic carbocycles. The third-order valence-electron chi connectivity index (χ3n) is 0.857. The molecule has 0 atom stereocenters. The predicted octanol–water partition coefficient (Wildman–Crippen LogP) is 2.13. The average Bonchev–Trinajstić information content (AvgIpc) is 1.90. The molecule has 0 saturated carbocycles. The van der Waals surface area contributed by atoms with Gasteiger partial charge in [0.15, 0.2) is 0 Å². The second kappa shape index (κ2) is 3.26. The summed E-state index contributed by atoms with van der Waals surface area (Å²) in [6.45, 7) is 0. The van der Waals surface area contributed by atoms with Gasteiger partial charge in [-0.1, -0.05) is 0 Å². The highest BCUT2D eigenvalue weighted by Gasteiger charge is 1.86. The minimum absolute atomic E-state index is 0.741. The number of hydrogen-bond donors (Lipinski definition) is 2. The van der Waals surface area contributed by atoms with E-state index in [1.54, 1.807) is 6.20 Å². The van der Waals surface area contributed by atoms with Crippen molar-refractivity contribution in [1.29, 1.82) is 0 Å². The van der Waals surface area contributed by atoms with Crippen LogP contribution < -0.4 is 3.53 Å². The van der Waals surface area contributed by atoms with Crippen molar-refractivity contribution in [3.8, 4) is 0 Å². The van der Waals surface area contributed by atoms with Gasteiger partial charge in [0.1, 0.15) is 0 Å². The zero-order chi connectivity index (χ0) is 6.69. The smallest absolute Gasteiger partial charge is 0.0931 e. The molecule has 2 nitrogen and oxygen atoms in total. The maximum atomic E-state index is 4.03. The molecule has 4 heteroatoms. The number of aromatic nitrogens is 1. The van der Waals surface area contributed by atoms with Crippen molar-refractivity contribution in [2.45, 2.75) is 5.03 Å². The molecule has 1 aromatic heterocycles. The van der Waals surface area contributed by atoms with Crippen molar-refractivity contribution in [1.82, 2.24) is 4.98 Å². The Labute approximate surface area is 73.0 Å². The molecule has 1 rings (SSSR count). The average molecular weight is 252 g/mol. The maximum absolute atomic E-state index is 4.03. The molecular formula is C5H5IN2S. The van der Waals surface area contributed by atoms with E-state index in [4.69, 9.17) is 0 Å². The van der Waals surface area contributed by atoms with Gasteiger partial charge in [0, 0.05) is 0 Å². The molecule has 0 aliphatic heterocycles. The van der Waals surface area contributed by atoms with Crippen molar-refractivity contribution >= 4 is 41.2 Å². The highest BCUT2D eigenvalue weighted by molar-refractivity contribution is 14.1. The Morgan fingerprint density at radius 2 is 2.33 bits per heavy atom. The van der Waals surface area contributed by atoms with Crippen molar-refractivity contribution in [2.75, 3.05) is 3.53 Å². The van der Waals surface area contributed by atoms with Crippen LogP contribution in [0.3, 0.4) is 0 Å². The van der Waals surface area contributed by atoms with Gasteiger partial charge in [-0.25, -0.2) is 4.98 Å². The number of nitrogens with one attached hydrogen (secondary N) is 1. The van der Waals surface area contributed by atoms with Gasteiger partial charge in [0.2, 0.25) is 0 Å². The summed E-state index contributed by atoms with van der Waals surface area (Å²) in [6.07, 6.45) is 1.73. The summed E-state index contributed by atoms with van der Waals surface area (Å²) in [5.74, 6) is 0. The number of rotatable bonds is 1. The Kier molecular flexibility index (Phi) is 2.59. The molecule has 0 aliphatic rings. The molecule has 0 unspecified atom stereocenters. The molecule has 0 bridgehead atoms. The van der Waals surface area contributed by atoms with Gasteiger partial charge >= 0.3 is 0 Å². The number of anilines is 1. The molecular weight excluding hydrogens is 247 g/mol. The lowest BCUT2D eigenvalue weighted by Gasteiger charge is -1.94. The van der Waals surface area contributed by atoms with E-state index < -0.39 is 0 Å². The summed E-state index contributed by atoms with van der Waals surface area (Å²) in [5, 5.41) is 0.741. The van der Waals surface area contributed by atoms with Crippen molar-refractivity contribution in [2.24, 2.45) is 0 Å². The largest absolute Gasteiger partial charge is 0.327 e. The van der Waals surface area contributed by atoms with Gasteiger partial charge in [-0.2, -0.15) is 0 Å². The Morgan fingerprint density at radius 3 is 2.78 bits per heavy atom. The van der Waals surface area contributed by atoms with Crippen LogP contribution in [0, 0.1) is 0 Å². The van der Waals surface area contributed by atoms with Crippen LogP contribution in [-0.4, -0.2) is 4.98 Å². The first kappa shape index (κ1) is 7.14. The summed E-state index contributed by atoms with van der Waals surface area (Å²) in [7, 11) is 0. The fourth-order valence-electron chi connectivity index (χ4n) is 0.442. The van der Waals surface area contributed by atoms with Crippen LogP contribution in [0.15, 0.2) is 23.4 Å². The predicted molar refractivity (Wildman–Crippen MR) is 49.1 cm³/mol. The molecule has 0 fully saturated rings. The van der Waals surface area contributed by atoms with Crippen LogP contribution in [0.2, 0.25) is 0 Å². The van der Waals surface area contributed by atoms with E-state index in [1.807, 2.05) is 12.1 Å². The zero-order valence-electron chi connectivity index (χ0n) is 4.50. The van der Waals surface area contributed by atoms with Crippen LogP contribution >= 0.6 is 35.5 Å².